The van der Waals surface area contributed by atoms with Gasteiger partial charge in [0.25, 0.3) is 11.8 Å². The van der Waals surface area contributed by atoms with Crippen molar-refractivity contribution in [3.63, 3.8) is 0 Å². The summed E-state index contributed by atoms with van der Waals surface area (Å²) in [6.45, 7) is 0.295. The van der Waals surface area contributed by atoms with Gasteiger partial charge in [0.15, 0.2) is 12.6 Å². The van der Waals surface area contributed by atoms with E-state index in [9.17, 15) is 9.59 Å². The number of carbonyl (C=O) groups excluding carboxylic acids is 2. The van der Waals surface area contributed by atoms with Crippen LogP contribution in [0.3, 0.4) is 0 Å². The summed E-state index contributed by atoms with van der Waals surface area (Å²) in [5.74, 6) is -0.756. The van der Waals surface area contributed by atoms with Crippen LogP contribution in [-0.2, 0) is 18.9 Å². The fourth-order valence-corrected chi connectivity index (χ4v) is 6.28. The van der Waals surface area contributed by atoms with Crippen LogP contribution in [0.4, 0.5) is 5.69 Å². The molecule has 1 rings (SSSR count). The van der Waals surface area contributed by atoms with Crippen LogP contribution < -0.4 is 16.4 Å². The lowest BCUT2D eigenvalue weighted by molar-refractivity contribution is -0.0975. The predicted molar refractivity (Wildman–Crippen MR) is 129 cm³/mol. The Bertz CT molecular complexity index is 656. The van der Waals surface area contributed by atoms with E-state index in [1.54, 1.807) is 0 Å². The molecule has 12 heteroatoms. The first kappa shape index (κ1) is 26.0. The molecule has 0 fully saturated rings. The molecule has 0 radical (unpaired) electrons. The van der Waals surface area contributed by atoms with Crippen molar-refractivity contribution in [2.45, 2.75) is 12.6 Å². The van der Waals surface area contributed by atoms with Crippen LogP contribution in [0.2, 0.25) is 0 Å². The molecule has 158 valence electrons. The number of carbonyl (C=O) groups is 2. The second-order valence-corrected chi connectivity index (χ2v) is 8.56. The summed E-state index contributed by atoms with van der Waals surface area (Å²) < 4.78 is 21.9. The largest absolute Gasteiger partial charge is 0.397 e. The number of nitrogens with two attached hydrogens (primary N) is 1. The highest BCUT2D eigenvalue weighted by Crippen LogP contribution is 2.33. The first-order chi connectivity index (χ1) is 13.2. The lowest BCUT2D eigenvalue weighted by atomic mass is 10.1. The van der Waals surface area contributed by atoms with E-state index in [0.29, 0.717) is 27.5 Å². The van der Waals surface area contributed by atoms with Gasteiger partial charge in [-0.25, -0.2) is 0 Å². The van der Waals surface area contributed by atoms with Crippen molar-refractivity contribution in [3.8, 4) is 0 Å². The number of nitrogens with one attached hydrogen (secondary N) is 2. The van der Waals surface area contributed by atoms with Crippen molar-refractivity contribution < 1.29 is 28.5 Å². The highest BCUT2D eigenvalue weighted by molar-refractivity contribution is 14.1. The molecule has 0 spiro atoms. The van der Waals surface area contributed by atoms with Crippen molar-refractivity contribution in [1.82, 2.24) is 10.6 Å². The average molecular weight is 733 g/mol. The fourth-order valence-electron chi connectivity index (χ4n) is 2.14. The minimum Gasteiger partial charge on any atom is -0.397 e. The van der Waals surface area contributed by atoms with Crippen molar-refractivity contribution in [2.75, 3.05) is 47.3 Å². The lowest BCUT2D eigenvalue weighted by Gasteiger charge is -2.19. The van der Waals surface area contributed by atoms with E-state index in [1.165, 1.54) is 28.4 Å². The Labute approximate surface area is 204 Å². The predicted octanol–water partition coefficient (Wildman–Crippen LogP) is 1.78. The first-order valence-corrected chi connectivity index (χ1v) is 11.1. The Hall–Kier alpha value is -0.0100. The van der Waals surface area contributed by atoms with Gasteiger partial charge >= 0.3 is 0 Å². The first-order valence-electron chi connectivity index (χ1n) is 7.86. The highest BCUT2D eigenvalue weighted by Gasteiger charge is 2.27. The van der Waals surface area contributed by atoms with Crippen LogP contribution in [0, 0.1) is 10.7 Å². The van der Waals surface area contributed by atoms with E-state index >= 15 is 0 Å². The van der Waals surface area contributed by atoms with E-state index < -0.39 is 12.6 Å². The Morgan fingerprint density at radius 1 is 0.786 bits per heavy atom. The van der Waals surface area contributed by atoms with Gasteiger partial charge in [0.1, 0.15) is 0 Å². The van der Waals surface area contributed by atoms with Crippen LogP contribution in [0.15, 0.2) is 0 Å². The number of nitrogen functional groups attached to an aromatic ring is 1. The lowest BCUT2D eigenvalue weighted by Crippen LogP contribution is -2.37. The van der Waals surface area contributed by atoms with Gasteiger partial charge in [0.05, 0.1) is 37.0 Å². The normalized spacial score (nSPS) is 11.2. The van der Waals surface area contributed by atoms with Crippen molar-refractivity contribution >= 4 is 85.3 Å². The smallest absolute Gasteiger partial charge is 0.253 e. The molecule has 28 heavy (non-hydrogen) atoms. The van der Waals surface area contributed by atoms with Crippen LogP contribution >= 0.6 is 67.8 Å². The van der Waals surface area contributed by atoms with E-state index in [1.807, 2.05) is 67.8 Å². The number of benzene rings is 1. The number of hydrogen-bond acceptors (Lipinski definition) is 7. The second kappa shape index (κ2) is 12.6. The number of hydrogen-bond donors (Lipinski definition) is 3. The van der Waals surface area contributed by atoms with Gasteiger partial charge in [-0.1, -0.05) is 0 Å². The molecular weight excluding hydrogens is 711 g/mol. The second-order valence-electron chi connectivity index (χ2n) is 5.33. The number of anilines is 1. The van der Waals surface area contributed by atoms with E-state index in [0.717, 1.165) is 0 Å². The summed E-state index contributed by atoms with van der Waals surface area (Å²) in [7, 11) is 5.91. The van der Waals surface area contributed by atoms with Gasteiger partial charge in [0.2, 0.25) is 0 Å². The molecule has 1 aromatic rings. The fraction of sp³-hybridized carbons (Fsp3) is 0.500. The van der Waals surface area contributed by atoms with Crippen LogP contribution in [-0.4, -0.2) is 65.9 Å². The molecule has 2 amide bonds. The minimum absolute atomic E-state index is 0.148. The number of amides is 2. The third-order valence-corrected chi connectivity index (χ3v) is 7.03. The van der Waals surface area contributed by atoms with Gasteiger partial charge in [-0.3, -0.25) is 9.59 Å². The zero-order valence-electron chi connectivity index (χ0n) is 15.7. The monoisotopic (exact) mass is 733 g/mol. The standard InChI is InChI=1S/C16H22I3N3O6/c1-25-7(26-2)5-21-15(23)9-11(17)10(13(19)14(20)12(9)18)16(24)22-6-8(27-3)28-4/h7-8H,5-6,20H2,1-4H3,(H,21,23)(H,22,24). The van der Waals surface area contributed by atoms with Crippen molar-refractivity contribution in [1.29, 1.82) is 0 Å². The average Bonchev–Trinajstić information content (AvgIpc) is 2.68. The maximum atomic E-state index is 12.8. The summed E-state index contributed by atoms with van der Waals surface area (Å²) in [5, 5.41) is 5.47. The molecule has 0 saturated carbocycles. The zero-order chi connectivity index (χ0) is 21.4. The summed E-state index contributed by atoms with van der Waals surface area (Å²) in [6.07, 6.45) is -1.16. The zero-order valence-corrected chi connectivity index (χ0v) is 22.2. The minimum atomic E-state index is -0.580. The molecule has 9 nitrogen and oxygen atoms in total. The number of rotatable bonds is 10. The molecule has 0 saturated heterocycles. The molecular formula is C16H22I3N3O6. The number of ether oxygens (including phenoxy) is 4. The van der Waals surface area contributed by atoms with Gasteiger partial charge in [-0.15, -0.1) is 0 Å². The highest BCUT2D eigenvalue weighted by atomic mass is 127. The van der Waals surface area contributed by atoms with Crippen molar-refractivity contribution in [3.05, 3.63) is 21.8 Å². The Balaban J connectivity index is 3.20. The Morgan fingerprint density at radius 2 is 1.11 bits per heavy atom. The molecule has 0 atom stereocenters. The van der Waals surface area contributed by atoms with E-state index in [4.69, 9.17) is 24.7 Å². The molecule has 0 aliphatic carbocycles. The Kier molecular flexibility index (Phi) is 11.7. The molecule has 1 aromatic carbocycles. The molecule has 0 unspecified atom stereocenters. The molecule has 0 heterocycles. The summed E-state index contributed by atoms with van der Waals surface area (Å²) in [5.41, 5.74) is 7.18. The molecule has 0 aliphatic heterocycles. The molecule has 4 N–H and O–H groups in total. The molecule has 0 aliphatic rings. The third-order valence-electron chi connectivity index (χ3n) is 3.72. The summed E-state index contributed by atoms with van der Waals surface area (Å²) in [4.78, 5) is 25.5. The van der Waals surface area contributed by atoms with Gasteiger partial charge in [-0.05, 0) is 67.8 Å². The quantitative estimate of drug-likeness (QED) is 0.191. The van der Waals surface area contributed by atoms with Gasteiger partial charge in [-0.2, -0.15) is 0 Å². The van der Waals surface area contributed by atoms with Crippen molar-refractivity contribution in [2.24, 2.45) is 0 Å². The summed E-state index contributed by atoms with van der Waals surface area (Å²) in [6, 6.07) is 0. The Morgan fingerprint density at radius 3 is 1.39 bits per heavy atom. The maximum absolute atomic E-state index is 12.8. The van der Waals surface area contributed by atoms with E-state index in [2.05, 4.69) is 10.6 Å². The molecule has 0 aromatic heterocycles. The maximum Gasteiger partial charge on any atom is 0.253 e. The SMILES string of the molecule is COC(CNC(=O)c1c(I)c(N)c(I)c(C(=O)NCC(OC)OC)c1I)OC. The van der Waals surface area contributed by atoms with Crippen LogP contribution in [0.1, 0.15) is 20.7 Å². The van der Waals surface area contributed by atoms with E-state index in [-0.39, 0.29) is 24.9 Å². The molecule has 0 bridgehead atoms. The van der Waals surface area contributed by atoms with Gasteiger partial charge < -0.3 is 35.3 Å². The topological polar surface area (TPSA) is 121 Å². The van der Waals surface area contributed by atoms with Gasteiger partial charge in [0, 0.05) is 32.0 Å². The number of methoxy groups -OCH3 is 4. The summed E-state index contributed by atoms with van der Waals surface area (Å²) >= 11 is 5.98. The number of halogens is 3. The van der Waals surface area contributed by atoms with Crippen LogP contribution in [0.25, 0.3) is 0 Å². The van der Waals surface area contributed by atoms with Crippen LogP contribution in [0.5, 0.6) is 0 Å². The third kappa shape index (κ3) is 6.49.